The van der Waals surface area contributed by atoms with E-state index in [1.54, 1.807) is 0 Å². The first-order valence-corrected chi connectivity index (χ1v) is 29.3. The first kappa shape index (κ1) is 66.3. The van der Waals surface area contributed by atoms with Crippen molar-refractivity contribution in [3.05, 3.63) is 97.2 Å². The van der Waals surface area contributed by atoms with E-state index in [1.807, 2.05) is 0 Å². The Hall–Kier alpha value is -3.67. The lowest BCUT2D eigenvalue weighted by atomic mass is 10.1. The van der Waals surface area contributed by atoms with Crippen LogP contribution in [-0.2, 0) is 28.6 Å². The van der Waals surface area contributed by atoms with Gasteiger partial charge in [-0.25, -0.2) is 0 Å². The molecule has 0 bridgehead atoms. The molecule has 0 aromatic heterocycles. The summed E-state index contributed by atoms with van der Waals surface area (Å²) >= 11 is 0. The normalized spacial score (nSPS) is 12.8. The predicted octanol–water partition coefficient (Wildman–Crippen LogP) is 19.7. The van der Waals surface area contributed by atoms with Gasteiger partial charge in [0, 0.05) is 19.3 Å². The Morgan fingerprint density at radius 2 is 0.614 bits per heavy atom. The van der Waals surface area contributed by atoms with Crippen molar-refractivity contribution in [1.82, 2.24) is 0 Å². The third kappa shape index (κ3) is 55.3. The second-order valence-corrected chi connectivity index (χ2v) is 19.2. The molecule has 0 N–H and O–H groups in total. The first-order valence-electron chi connectivity index (χ1n) is 29.3. The van der Waals surface area contributed by atoms with Crippen LogP contribution in [0.3, 0.4) is 0 Å². The molecule has 0 radical (unpaired) electrons. The minimum Gasteiger partial charge on any atom is -0.462 e. The van der Waals surface area contributed by atoms with E-state index < -0.39 is 6.10 Å². The van der Waals surface area contributed by atoms with Crippen LogP contribution in [0.5, 0.6) is 0 Å². The second-order valence-electron chi connectivity index (χ2n) is 19.2. The second kappa shape index (κ2) is 57.9. The number of rotatable bonds is 52. The topological polar surface area (TPSA) is 78.9 Å². The average molecular weight is 974 g/mol. The van der Waals surface area contributed by atoms with Gasteiger partial charge in [-0.05, 0) is 109 Å². The molecule has 0 fully saturated rings. The van der Waals surface area contributed by atoms with Gasteiger partial charge in [0.2, 0.25) is 0 Å². The van der Waals surface area contributed by atoms with Gasteiger partial charge in [-0.2, -0.15) is 0 Å². The van der Waals surface area contributed by atoms with Crippen LogP contribution in [0.25, 0.3) is 0 Å². The van der Waals surface area contributed by atoms with Gasteiger partial charge in [-0.1, -0.05) is 240 Å². The van der Waals surface area contributed by atoms with Crippen LogP contribution >= 0.6 is 0 Å². The maximum Gasteiger partial charge on any atom is 0.306 e. The van der Waals surface area contributed by atoms with Crippen LogP contribution in [-0.4, -0.2) is 37.2 Å². The fourth-order valence-electron chi connectivity index (χ4n) is 7.93. The van der Waals surface area contributed by atoms with Crippen LogP contribution in [0.15, 0.2) is 97.2 Å². The SMILES string of the molecule is CC/C=C\C/C=C\C/C=C\C/C=C\C/C=C\CCCC(=O)OC(COC(=O)CCCCCCC/C=C\C=C/CCCCCCCCC)COC(=O)CCCCCCCCC/C=C\CCCCCCCC. The summed E-state index contributed by atoms with van der Waals surface area (Å²) in [5, 5.41) is 0. The molecular formula is C64H108O6. The van der Waals surface area contributed by atoms with E-state index in [2.05, 4.69) is 118 Å². The average Bonchev–Trinajstić information content (AvgIpc) is 3.36. The summed E-state index contributed by atoms with van der Waals surface area (Å²) in [6.07, 6.45) is 76.9. The standard InChI is InChI=1S/C64H108O6/c1-4-7-10-13-16-19-22-25-28-31-34-36-39-42-45-48-51-54-57-63(66)69-60-61(70-64(67)58-55-52-49-46-43-40-37-33-30-27-24-21-18-15-12-9-6-3)59-68-62(65)56-53-50-47-44-41-38-35-32-29-26-23-20-17-14-11-8-5-2/h9,12,18,21,26-31,34,36-37,40,46,49,61H,4-8,10-11,13-17,19-20,22-25,32-33,35,38-39,41-45,47-48,50-60H2,1-3H3/b12-9-,21-18-,29-26-,30-27-,31-28-,36-34-,40-37-,49-46-. The minimum atomic E-state index is -0.817. The van der Waals surface area contributed by atoms with Gasteiger partial charge in [0.05, 0.1) is 0 Å². The van der Waals surface area contributed by atoms with Crippen molar-refractivity contribution in [3.8, 4) is 0 Å². The molecule has 0 aliphatic heterocycles. The van der Waals surface area contributed by atoms with Gasteiger partial charge in [-0.3, -0.25) is 14.4 Å². The number of unbranched alkanes of at least 4 members (excludes halogenated alkanes) is 26. The number of hydrogen-bond donors (Lipinski definition) is 0. The lowest BCUT2D eigenvalue weighted by Crippen LogP contribution is -2.30. The summed E-state index contributed by atoms with van der Waals surface area (Å²) in [5.41, 5.74) is 0. The quantitative estimate of drug-likeness (QED) is 0.0199. The summed E-state index contributed by atoms with van der Waals surface area (Å²) in [6.45, 7) is 6.46. The minimum absolute atomic E-state index is 0.108. The van der Waals surface area contributed by atoms with Gasteiger partial charge in [-0.15, -0.1) is 0 Å². The van der Waals surface area contributed by atoms with Crippen LogP contribution in [0, 0.1) is 0 Å². The number of esters is 3. The van der Waals surface area contributed by atoms with Crippen LogP contribution < -0.4 is 0 Å². The summed E-state index contributed by atoms with van der Waals surface area (Å²) < 4.78 is 16.8. The fourth-order valence-corrected chi connectivity index (χ4v) is 7.93. The van der Waals surface area contributed by atoms with E-state index in [4.69, 9.17) is 14.2 Å². The van der Waals surface area contributed by atoms with Crippen molar-refractivity contribution in [2.45, 2.75) is 277 Å². The molecule has 0 aromatic carbocycles. The Morgan fingerprint density at radius 1 is 0.314 bits per heavy atom. The Kier molecular flexibility index (Phi) is 54.9. The van der Waals surface area contributed by atoms with Crippen molar-refractivity contribution in [2.24, 2.45) is 0 Å². The molecule has 6 heteroatoms. The van der Waals surface area contributed by atoms with Crippen LogP contribution in [0.1, 0.15) is 271 Å². The number of carbonyl (C=O) groups is 3. The molecule has 6 nitrogen and oxygen atoms in total. The van der Waals surface area contributed by atoms with E-state index in [0.29, 0.717) is 19.3 Å². The van der Waals surface area contributed by atoms with Gasteiger partial charge in [0.1, 0.15) is 13.2 Å². The molecule has 0 aliphatic carbocycles. The van der Waals surface area contributed by atoms with Gasteiger partial charge in [0.25, 0.3) is 0 Å². The molecule has 1 unspecified atom stereocenters. The predicted molar refractivity (Wildman–Crippen MR) is 302 cm³/mol. The first-order chi connectivity index (χ1) is 34.5. The molecule has 0 spiro atoms. The maximum atomic E-state index is 12.8. The van der Waals surface area contributed by atoms with E-state index >= 15 is 0 Å². The Bertz CT molecular complexity index is 1400. The fraction of sp³-hybridized carbons (Fsp3) is 0.703. The number of hydrogen-bond acceptors (Lipinski definition) is 6. The maximum absolute atomic E-state index is 12.8. The Balaban J connectivity index is 4.51. The molecule has 0 aliphatic rings. The Morgan fingerprint density at radius 3 is 1.01 bits per heavy atom. The van der Waals surface area contributed by atoms with Crippen LogP contribution in [0.4, 0.5) is 0 Å². The monoisotopic (exact) mass is 973 g/mol. The highest BCUT2D eigenvalue weighted by molar-refractivity contribution is 5.71. The highest BCUT2D eigenvalue weighted by atomic mass is 16.6. The zero-order chi connectivity index (χ0) is 50.7. The third-order valence-corrected chi connectivity index (χ3v) is 12.3. The lowest BCUT2D eigenvalue weighted by Gasteiger charge is -2.18. The molecular weight excluding hydrogens is 865 g/mol. The van der Waals surface area contributed by atoms with Gasteiger partial charge >= 0.3 is 17.9 Å². The molecule has 0 saturated carbocycles. The van der Waals surface area contributed by atoms with Crippen molar-refractivity contribution in [1.29, 1.82) is 0 Å². The van der Waals surface area contributed by atoms with Crippen molar-refractivity contribution in [3.63, 3.8) is 0 Å². The van der Waals surface area contributed by atoms with Crippen LogP contribution in [0.2, 0.25) is 0 Å². The van der Waals surface area contributed by atoms with Crippen molar-refractivity contribution < 1.29 is 28.6 Å². The van der Waals surface area contributed by atoms with Crippen molar-refractivity contribution in [2.75, 3.05) is 13.2 Å². The zero-order valence-corrected chi connectivity index (χ0v) is 45.8. The summed E-state index contributed by atoms with van der Waals surface area (Å²) in [5.74, 6) is -0.982. The van der Waals surface area contributed by atoms with Gasteiger partial charge < -0.3 is 14.2 Å². The summed E-state index contributed by atoms with van der Waals surface area (Å²) in [6, 6.07) is 0. The molecule has 1 atom stereocenters. The molecule has 70 heavy (non-hydrogen) atoms. The van der Waals surface area contributed by atoms with E-state index in [1.165, 1.54) is 128 Å². The Labute approximate surface area is 432 Å². The molecule has 0 aromatic rings. The molecule has 400 valence electrons. The lowest BCUT2D eigenvalue weighted by molar-refractivity contribution is -0.167. The smallest absolute Gasteiger partial charge is 0.306 e. The van der Waals surface area contributed by atoms with E-state index in [-0.39, 0.29) is 37.5 Å². The number of carbonyl (C=O) groups excluding carboxylic acids is 3. The third-order valence-electron chi connectivity index (χ3n) is 12.3. The molecule has 0 saturated heterocycles. The molecule has 0 heterocycles. The van der Waals surface area contributed by atoms with Crippen molar-refractivity contribution >= 4 is 17.9 Å². The van der Waals surface area contributed by atoms with Gasteiger partial charge in [0.15, 0.2) is 6.10 Å². The zero-order valence-electron chi connectivity index (χ0n) is 45.8. The number of ether oxygens (including phenoxy) is 3. The highest BCUT2D eigenvalue weighted by Gasteiger charge is 2.19. The van der Waals surface area contributed by atoms with E-state index in [9.17, 15) is 14.4 Å². The summed E-state index contributed by atoms with van der Waals surface area (Å²) in [4.78, 5) is 38.2. The molecule has 0 amide bonds. The highest BCUT2D eigenvalue weighted by Crippen LogP contribution is 2.14. The summed E-state index contributed by atoms with van der Waals surface area (Å²) in [7, 11) is 0. The largest absolute Gasteiger partial charge is 0.462 e. The molecule has 0 rings (SSSR count). The van der Waals surface area contributed by atoms with E-state index in [0.717, 1.165) is 96.3 Å². The number of allylic oxidation sites excluding steroid dienone is 16.